The Labute approximate surface area is 124 Å². The Bertz CT molecular complexity index is 709. The number of hydrogen-bond donors (Lipinski definition) is 1. The zero-order valence-corrected chi connectivity index (χ0v) is 11.5. The molecule has 21 heavy (non-hydrogen) atoms. The van der Waals surface area contributed by atoms with Gasteiger partial charge in [0.05, 0.1) is 16.3 Å². The highest BCUT2D eigenvalue weighted by molar-refractivity contribution is 6.34. The first-order valence-corrected chi connectivity index (χ1v) is 6.54. The summed E-state index contributed by atoms with van der Waals surface area (Å²) in [4.78, 5) is 15.5. The third kappa shape index (κ3) is 2.75. The predicted molar refractivity (Wildman–Crippen MR) is 74.6 cm³/mol. The van der Waals surface area contributed by atoms with E-state index in [0.717, 1.165) is 0 Å². The van der Waals surface area contributed by atoms with E-state index >= 15 is 0 Å². The van der Waals surface area contributed by atoms with Gasteiger partial charge in [-0.1, -0.05) is 11.6 Å². The molecule has 1 aliphatic heterocycles. The molecule has 0 atom stereocenters. The molecule has 7 heteroatoms. The van der Waals surface area contributed by atoms with Gasteiger partial charge in [0.15, 0.2) is 11.5 Å². The highest BCUT2D eigenvalue weighted by Crippen LogP contribution is 2.38. The van der Waals surface area contributed by atoms with Gasteiger partial charge >= 0.3 is 0 Å². The number of aromatic nitrogens is 1. The maximum absolute atomic E-state index is 13.5. The molecule has 0 unspecified atom stereocenters. The number of nitrogens with zero attached hydrogens (tertiary/aromatic N) is 1. The minimum absolute atomic E-state index is 0.163. The second-order valence-corrected chi connectivity index (χ2v) is 4.68. The average molecular weight is 309 g/mol. The molecule has 3 rings (SSSR count). The molecule has 2 aromatic rings. The number of hydrogen-bond acceptors (Lipinski definition) is 4. The Kier molecular flexibility index (Phi) is 3.62. The molecule has 1 N–H and O–H groups in total. The molecule has 0 saturated heterocycles. The quantitative estimate of drug-likeness (QED) is 0.867. The fourth-order valence-electron chi connectivity index (χ4n) is 1.90. The van der Waals surface area contributed by atoms with E-state index < -0.39 is 11.9 Å². The molecule has 2 heterocycles. The molecule has 108 valence electrons. The summed E-state index contributed by atoms with van der Waals surface area (Å²) in [5.74, 6) is -0.493. The van der Waals surface area contributed by atoms with Crippen LogP contribution in [0.1, 0.15) is 10.4 Å². The molecule has 1 amide bonds. The number of carbonyl (C=O) groups is 1. The Morgan fingerprint density at radius 3 is 2.71 bits per heavy atom. The minimum atomic E-state index is -0.844. The van der Waals surface area contributed by atoms with Gasteiger partial charge < -0.3 is 14.8 Å². The van der Waals surface area contributed by atoms with Gasteiger partial charge in [-0.15, -0.1) is 0 Å². The number of nitrogens with one attached hydrogen (secondary N) is 1. The summed E-state index contributed by atoms with van der Waals surface area (Å²) < 4.78 is 24.3. The zero-order chi connectivity index (χ0) is 14.8. The van der Waals surface area contributed by atoms with Crippen molar-refractivity contribution in [3.05, 3.63) is 47.0 Å². The zero-order valence-electron chi connectivity index (χ0n) is 10.7. The lowest BCUT2D eigenvalue weighted by Gasteiger charge is -2.20. The van der Waals surface area contributed by atoms with Crippen LogP contribution in [0.25, 0.3) is 0 Å². The second-order valence-electron chi connectivity index (χ2n) is 4.27. The molecule has 0 bridgehead atoms. The van der Waals surface area contributed by atoms with Crippen LogP contribution in [-0.2, 0) is 0 Å². The molecule has 0 radical (unpaired) electrons. The fourth-order valence-corrected chi connectivity index (χ4v) is 2.11. The summed E-state index contributed by atoms with van der Waals surface area (Å²) in [6.45, 7) is 0.856. The van der Waals surface area contributed by atoms with Crippen molar-refractivity contribution in [2.75, 3.05) is 18.5 Å². The third-order valence-corrected chi connectivity index (χ3v) is 3.20. The van der Waals surface area contributed by atoms with Crippen LogP contribution in [0.2, 0.25) is 5.02 Å². The molecule has 1 aromatic carbocycles. The summed E-state index contributed by atoms with van der Waals surface area (Å²) in [5.41, 5.74) is 0.151. The van der Waals surface area contributed by atoms with E-state index in [9.17, 15) is 9.18 Å². The Hall–Kier alpha value is -2.34. The molecule has 0 spiro atoms. The van der Waals surface area contributed by atoms with Crippen molar-refractivity contribution in [3.8, 4) is 11.5 Å². The van der Waals surface area contributed by atoms with Crippen molar-refractivity contribution in [2.45, 2.75) is 0 Å². The van der Waals surface area contributed by atoms with Crippen LogP contribution in [0, 0.1) is 5.95 Å². The van der Waals surface area contributed by atoms with E-state index in [0.29, 0.717) is 30.4 Å². The van der Waals surface area contributed by atoms with Crippen LogP contribution in [0.4, 0.5) is 10.1 Å². The van der Waals surface area contributed by atoms with Gasteiger partial charge in [-0.05, 0) is 12.1 Å². The summed E-state index contributed by atoms with van der Waals surface area (Å²) in [6, 6.07) is 5.90. The number of ether oxygens (including phenoxy) is 2. The molecule has 0 saturated carbocycles. The number of amides is 1. The van der Waals surface area contributed by atoms with Crippen LogP contribution in [0.15, 0.2) is 30.5 Å². The maximum Gasteiger partial charge on any atom is 0.260 e. The number of rotatable bonds is 2. The van der Waals surface area contributed by atoms with E-state index in [2.05, 4.69) is 10.3 Å². The summed E-state index contributed by atoms with van der Waals surface area (Å²) in [5, 5.41) is 2.81. The van der Waals surface area contributed by atoms with E-state index in [1.54, 1.807) is 12.1 Å². The van der Waals surface area contributed by atoms with Crippen LogP contribution in [0.5, 0.6) is 11.5 Å². The van der Waals surface area contributed by atoms with Gasteiger partial charge in [-0.2, -0.15) is 4.39 Å². The molecular formula is C14H10ClFN2O3. The summed E-state index contributed by atoms with van der Waals surface area (Å²) in [6.07, 6.45) is 1.27. The molecule has 1 aromatic heterocycles. The number of fused-ring (bicyclic) bond motifs is 1. The van der Waals surface area contributed by atoms with Gasteiger partial charge in [0.25, 0.3) is 5.91 Å². The average Bonchev–Trinajstić information content (AvgIpc) is 2.48. The van der Waals surface area contributed by atoms with Gasteiger partial charge in [0.2, 0.25) is 5.95 Å². The number of anilines is 1. The number of benzene rings is 1. The number of pyridine rings is 1. The standard InChI is InChI=1S/C14H10ClFN2O3/c15-9-6-11-12(21-5-4-20-11)7-10(9)18-14(19)8-2-1-3-17-13(8)16/h1-3,6-7H,4-5H2,(H,18,19). The normalized spacial score (nSPS) is 12.9. The van der Waals surface area contributed by atoms with Crippen molar-refractivity contribution in [3.63, 3.8) is 0 Å². The topological polar surface area (TPSA) is 60.5 Å². The van der Waals surface area contributed by atoms with E-state index in [-0.39, 0.29) is 10.6 Å². The summed E-state index contributed by atoms with van der Waals surface area (Å²) >= 11 is 6.07. The predicted octanol–water partition coefficient (Wildman–Crippen LogP) is 2.90. The number of carbonyl (C=O) groups excluding carboxylic acids is 1. The van der Waals surface area contributed by atoms with Gasteiger partial charge in [-0.25, -0.2) is 4.98 Å². The maximum atomic E-state index is 13.5. The van der Waals surface area contributed by atoms with Crippen LogP contribution in [0.3, 0.4) is 0 Å². The molecular weight excluding hydrogens is 299 g/mol. The van der Waals surface area contributed by atoms with Gasteiger partial charge in [0.1, 0.15) is 13.2 Å². The third-order valence-electron chi connectivity index (χ3n) is 2.88. The Morgan fingerprint density at radius 2 is 2.00 bits per heavy atom. The molecule has 0 fully saturated rings. The highest BCUT2D eigenvalue weighted by Gasteiger charge is 2.18. The number of halogens is 2. The van der Waals surface area contributed by atoms with Gasteiger partial charge in [0, 0.05) is 18.3 Å². The van der Waals surface area contributed by atoms with Crippen molar-refractivity contribution < 1.29 is 18.7 Å². The Balaban J connectivity index is 1.88. The van der Waals surface area contributed by atoms with E-state index in [1.165, 1.54) is 18.3 Å². The largest absolute Gasteiger partial charge is 0.486 e. The van der Waals surface area contributed by atoms with Crippen molar-refractivity contribution in [2.24, 2.45) is 0 Å². The highest BCUT2D eigenvalue weighted by atomic mass is 35.5. The van der Waals surface area contributed by atoms with Crippen LogP contribution < -0.4 is 14.8 Å². The van der Waals surface area contributed by atoms with Crippen molar-refractivity contribution in [1.82, 2.24) is 4.98 Å². The lowest BCUT2D eigenvalue weighted by atomic mass is 10.2. The SMILES string of the molecule is O=C(Nc1cc2c(cc1Cl)OCCO2)c1cccnc1F. The van der Waals surface area contributed by atoms with Crippen LogP contribution >= 0.6 is 11.6 Å². The lowest BCUT2D eigenvalue weighted by Crippen LogP contribution is -2.17. The van der Waals surface area contributed by atoms with E-state index in [4.69, 9.17) is 21.1 Å². The summed E-state index contributed by atoms with van der Waals surface area (Å²) in [7, 11) is 0. The molecule has 5 nitrogen and oxygen atoms in total. The minimum Gasteiger partial charge on any atom is -0.486 e. The first-order chi connectivity index (χ1) is 10.1. The van der Waals surface area contributed by atoms with Crippen LogP contribution in [-0.4, -0.2) is 24.1 Å². The first kappa shape index (κ1) is 13.6. The Morgan fingerprint density at radius 1 is 1.29 bits per heavy atom. The smallest absolute Gasteiger partial charge is 0.260 e. The van der Waals surface area contributed by atoms with Crippen molar-refractivity contribution in [1.29, 1.82) is 0 Å². The lowest BCUT2D eigenvalue weighted by molar-refractivity contribution is 0.102. The van der Waals surface area contributed by atoms with Gasteiger partial charge in [-0.3, -0.25) is 4.79 Å². The first-order valence-electron chi connectivity index (χ1n) is 6.16. The monoisotopic (exact) mass is 308 g/mol. The fraction of sp³-hybridized carbons (Fsp3) is 0.143. The second kappa shape index (κ2) is 5.57. The molecule has 1 aliphatic rings. The van der Waals surface area contributed by atoms with Crippen molar-refractivity contribution >= 4 is 23.2 Å². The molecule has 0 aliphatic carbocycles. The van der Waals surface area contributed by atoms with E-state index in [1.807, 2.05) is 0 Å².